The van der Waals surface area contributed by atoms with Crippen molar-refractivity contribution in [3.05, 3.63) is 26.6 Å². The van der Waals surface area contributed by atoms with Gasteiger partial charge in [-0.25, -0.2) is 13.8 Å². The summed E-state index contributed by atoms with van der Waals surface area (Å²) >= 11 is 1.41. The fourth-order valence-electron chi connectivity index (χ4n) is 2.16. The molecule has 0 aliphatic rings. The van der Waals surface area contributed by atoms with Gasteiger partial charge in [0, 0.05) is 11.4 Å². The zero-order chi connectivity index (χ0) is 15.6. The van der Waals surface area contributed by atoms with Crippen LogP contribution in [0.25, 0.3) is 10.2 Å². The van der Waals surface area contributed by atoms with Gasteiger partial charge in [-0.05, 0) is 19.4 Å². The van der Waals surface area contributed by atoms with Gasteiger partial charge in [0.1, 0.15) is 10.7 Å². The maximum absolute atomic E-state index is 12.5. The molecule has 0 aliphatic carbocycles. The third kappa shape index (κ3) is 3.63. The standard InChI is InChI=1S/C13H17F2N3O2S/c1-7-8(2)21-13-11(7)12(20)16-10(17-13)6-18(3-4-19)5-9(14)15/h9,19H,3-6H2,1-2H3,(H,16,17,20). The van der Waals surface area contributed by atoms with E-state index >= 15 is 0 Å². The van der Waals surface area contributed by atoms with E-state index in [4.69, 9.17) is 5.11 Å². The minimum atomic E-state index is -2.50. The predicted octanol–water partition coefficient (Wildman–Crippen LogP) is 1.66. The molecule has 2 heterocycles. The van der Waals surface area contributed by atoms with Crippen LogP contribution in [0.3, 0.4) is 0 Å². The Morgan fingerprint density at radius 2 is 2.14 bits per heavy atom. The van der Waals surface area contributed by atoms with Crippen LogP contribution in [-0.4, -0.2) is 46.1 Å². The Bertz CT molecular complexity index is 684. The van der Waals surface area contributed by atoms with Crippen molar-refractivity contribution < 1.29 is 13.9 Å². The second kappa shape index (κ2) is 6.59. The number of H-pyrrole nitrogens is 1. The van der Waals surface area contributed by atoms with E-state index < -0.39 is 13.0 Å². The van der Waals surface area contributed by atoms with Gasteiger partial charge in [0.05, 0.1) is 25.1 Å². The average Bonchev–Trinajstić information content (AvgIpc) is 2.64. The first-order valence-electron chi connectivity index (χ1n) is 6.52. The van der Waals surface area contributed by atoms with Crippen LogP contribution in [0.15, 0.2) is 4.79 Å². The summed E-state index contributed by atoms with van der Waals surface area (Å²) < 4.78 is 25.0. The number of aromatic amines is 1. The number of halogens is 2. The summed E-state index contributed by atoms with van der Waals surface area (Å²) in [6.45, 7) is 3.26. The van der Waals surface area contributed by atoms with Crippen LogP contribution in [0, 0.1) is 13.8 Å². The molecule has 0 aromatic carbocycles. The number of nitrogens with zero attached hydrogens (tertiary/aromatic N) is 2. The average molecular weight is 317 g/mol. The van der Waals surface area contributed by atoms with Crippen molar-refractivity contribution in [1.82, 2.24) is 14.9 Å². The van der Waals surface area contributed by atoms with E-state index in [1.807, 2.05) is 13.8 Å². The van der Waals surface area contributed by atoms with Gasteiger partial charge in [-0.1, -0.05) is 0 Å². The highest BCUT2D eigenvalue weighted by atomic mass is 32.1. The zero-order valence-electron chi connectivity index (χ0n) is 11.8. The Balaban J connectivity index is 2.31. The minimum absolute atomic E-state index is 0.0755. The molecule has 0 radical (unpaired) electrons. The summed E-state index contributed by atoms with van der Waals surface area (Å²) in [5, 5.41) is 9.48. The number of nitrogens with one attached hydrogen (secondary N) is 1. The molecule has 0 saturated carbocycles. The van der Waals surface area contributed by atoms with E-state index in [2.05, 4.69) is 9.97 Å². The molecule has 8 heteroatoms. The zero-order valence-corrected chi connectivity index (χ0v) is 12.6. The lowest BCUT2D eigenvalue weighted by Crippen LogP contribution is -2.32. The van der Waals surface area contributed by atoms with Crippen molar-refractivity contribution in [1.29, 1.82) is 0 Å². The van der Waals surface area contributed by atoms with E-state index in [0.717, 1.165) is 10.4 Å². The molecular weight excluding hydrogens is 300 g/mol. The van der Waals surface area contributed by atoms with Crippen LogP contribution < -0.4 is 5.56 Å². The Morgan fingerprint density at radius 3 is 2.76 bits per heavy atom. The van der Waals surface area contributed by atoms with Crippen LogP contribution in [0.5, 0.6) is 0 Å². The fourth-order valence-corrected chi connectivity index (χ4v) is 3.21. The maximum atomic E-state index is 12.5. The lowest BCUT2D eigenvalue weighted by atomic mass is 10.2. The summed E-state index contributed by atoms with van der Waals surface area (Å²) in [5.74, 6) is 0.336. The summed E-state index contributed by atoms with van der Waals surface area (Å²) in [6, 6.07) is 0. The number of aromatic nitrogens is 2. The molecule has 116 valence electrons. The van der Waals surface area contributed by atoms with Gasteiger partial charge in [-0.15, -0.1) is 11.3 Å². The number of alkyl halides is 2. The van der Waals surface area contributed by atoms with Crippen LogP contribution >= 0.6 is 11.3 Å². The van der Waals surface area contributed by atoms with Gasteiger partial charge in [0.2, 0.25) is 0 Å². The van der Waals surface area contributed by atoms with Gasteiger partial charge >= 0.3 is 0 Å². The molecular formula is C13H17F2N3O2S. The van der Waals surface area contributed by atoms with Gasteiger partial charge in [0.15, 0.2) is 0 Å². The van der Waals surface area contributed by atoms with Crippen molar-refractivity contribution in [2.45, 2.75) is 26.8 Å². The van der Waals surface area contributed by atoms with Crippen molar-refractivity contribution >= 4 is 21.6 Å². The number of fused-ring (bicyclic) bond motifs is 1. The number of thiophene rings is 1. The lowest BCUT2D eigenvalue weighted by molar-refractivity contribution is 0.0734. The lowest BCUT2D eigenvalue weighted by Gasteiger charge is -2.19. The monoisotopic (exact) mass is 317 g/mol. The number of hydrogen-bond acceptors (Lipinski definition) is 5. The van der Waals surface area contributed by atoms with Crippen LogP contribution in [-0.2, 0) is 6.54 Å². The number of hydrogen-bond donors (Lipinski definition) is 2. The first kappa shape index (κ1) is 16.0. The number of aliphatic hydroxyl groups is 1. The van der Waals surface area contributed by atoms with E-state index in [1.165, 1.54) is 16.2 Å². The van der Waals surface area contributed by atoms with Gasteiger partial charge in [0.25, 0.3) is 12.0 Å². The molecule has 0 bridgehead atoms. The topological polar surface area (TPSA) is 69.2 Å². The molecule has 0 unspecified atom stereocenters. The SMILES string of the molecule is Cc1sc2nc(CN(CCO)CC(F)F)[nH]c(=O)c2c1C. The Labute approximate surface area is 124 Å². The molecule has 0 amide bonds. The quantitative estimate of drug-likeness (QED) is 0.850. The Kier molecular flexibility index (Phi) is 5.02. The maximum Gasteiger partial charge on any atom is 0.259 e. The highest BCUT2D eigenvalue weighted by Gasteiger charge is 2.16. The summed E-state index contributed by atoms with van der Waals surface area (Å²) in [6.07, 6.45) is -2.50. The molecule has 0 spiro atoms. The van der Waals surface area contributed by atoms with Crippen LogP contribution in [0.2, 0.25) is 0 Å². The molecule has 21 heavy (non-hydrogen) atoms. The van der Waals surface area contributed by atoms with Crippen LogP contribution in [0.4, 0.5) is 8.78 Å². The molecule has 0 saturated heterocycles. The first-order valence-corrected chi connectivity index (χ1v) is 7.34. The number of aryl methyl sites for hydroxylation is 2. The smallest absolute Gasteiger partial charge is 0.259 e. The highest BCUT2D eigenvalue weighted by Crippen LogP contribution is 2.25. The summed E-state index contributed by atoms with van der Waals surface area (Å²) in [5.41, 5.74) is 0.646. The van der Waals surface area contributed by atoms with Crippen LogP contribution in [0.1, 0.15) is 16.3 Å². The normalized spacial score (nSPS) is 12.0. The Morgan fingerprint density at radius 1 is 1.43 bits per heavy atom. The third-order valence-corrected chi connectivity index (χ3v) is 4.38. The van der Waals surface area contributed by atoms with Gasteiger partial charge in [-0.3, -0.25) is 9.69 Å². The second-order valence-electron chi connectivity index (χ2n) is 4.83. The second-order valence-corrected chi connectivity index (χ2v) is 6.03. The molecule has 2 rings (SSSR count). The fraction of sp³-hybridized carbons (Fsp3) is 0.538. The number of rotatable bonds is 6. The van der Waals surface area contributed by atoms with E-state index in [0.29, 0.717) is 16.0 Å². The van der Waals surface area contributed by atoms with Crippen molar-refractivity contribution in [2.75, 3.05) is 19.7 Å². The summed E-state index contributed by atoms with van der Waals surface area (Å²) in [7, 11) is 0. The largest absolute Gasteiger partial charge is 0.395 e. The summed E-state index contributed by atoms with van der Waals surface area (Å²) in [4.78, 5) is 22.1. The van der Waals surface area contributed by atoms with Gasteiger partial charge in [-0.2, -0.15) is 0 Å². The molecule has 5 nitrogen and oxygen atoms in total. The number of aliphatic hydroxyl groups excluding tert-OH is 1. The Hall–Kier alpha value is -1.38. The third-order valence-electron chi connectivity index (χ3n) is 3.27. The van der Waals surface area contributed by atoms with Crippen molar-refractivity contribution in [3.8, 4) is 0 Å². The molecule has 0 aliphatic heterocycles. The first-order chi connectivity index (χ1) is 9.92. The molecule has 2 aromatic heterocycles. The minimum Gasteiger partial charge on any atom is -0.395 e. The highest BCUT2D eigenvalue weighted by molar-refractivity contribution is 7.18. The predicted molar refractivity (Wildman–Crippen MR) is 78.1 cm³/mol. The van der Waals surface area contributed by atoms with Crippen molar-refractivity contribution in [3.63, 3.8) is 0 Å². The van der Waals surface area contributed by atoms with E-state index in [-0.39, 0.29) is 25.3 Å². The van der Waals surface area contributed by atoms with E-state index in [9.17, 15) is 13.6 Å². The molecule has 2 N–H and O–H groups in total. The molecule has 0 fully saturated rings. The molecule has 2 aromatic rings. The molecule has 0 atom stereocenters. The van der Waals surface area contributed by atoms with Crippen molar-refractivity contribution in [2.24, 2.45) is 0 Å². The van der Waals surface area contributed by atoms with E-state index in [1.54, 1.807) is 0 Å². The van der Waals surface area contributed by atoms with Gasteiger partial charge < -0.3 is 10.1 Å².